The number of nitrogens with one attached hydrogen (secondary N) is 2. The number of carbonyl (C=O) groups excluding carboxylic acids is 1. The second-order valence-electron chi connectivity index (χ2n) is 5.85. The molecule has 1 aliphatic heterocycles. The van der Waals surface area contributed by atoms with Crippen molar-refractivity contribution in [3.63, 3.8) is 0 Å². The van der Waals surface area contributed by atoms with E-state index in [1.54, 1.807) is 0 Å². The van der Waals surface area contributed by atoms with Crippen LogP contribution in [0, 0.1) is 5.92 Å². The average Bonchev–Trinajstić information content (AvgIpc) is 2.22. The van der Waals surface area contributed by atoms with Crippen molar-refractivity contribution in [3.8, 4) is 0 Å². The van der Waals surface area contributed by atoms with E-state index in [1.165, 1.54) is 0 Å². The molecule has 2 unspecified atom stereocenters. The Balaban J connectivity index is 1.86. The molecule has 5 nitrogen and oxygen atoms in total. The number of carbonyl (C=O) groups is 1. The standard InChI is InChI=1S/C12H23N3O2/c1-11(13)5-3-2-4-9(11)10(16)15-8-12(17)6-14-7-12/h9,14,17H,2-8,13H2,1H3,(H,15,16). The van der Waals surface area contributed by atoms with E-state index < -0.39 is 11.1 Å². The van der Waals surface area contributed by atoms with Gasteiger partial charge in [-0.1, -0.05) is 12.8 Å². The third-order valence-corrected chi connectivity index (χ3v) is 4.07. The lowest BCUT2D eigenvalue weighted by Gasteiger charge is -2.40. The Morgan fingerprint density at radius 2 is 2.24 bits per heavy atom. The highest BCUT2D eigenvalue weighted by Crippen LogP contribution is 2.31. The Hall–Kier alpha value is -0.650. The van der Waals surface area contributed by atoms with E-state index in [1.807, 2.05) is 6.92 Å². The molecule has 2 fully saturated rings. The predicted octanol–water partition coefficient (Wildman–Crippen LogP) is -0.655. The lowest BCUT2D eigenvalue weighted by molar-refractivity contribution is -0.130. The van der Waals surface area contributed by atoms with Gasteiger partial charge in [0.1, 0.15) is 5.60 Å². The normalized spacial score (nSPS) is 36.1. The van der Waals surface area contributed by atoms with E-state index in [4.69, 9.17) is 5.73 Å². The molecule has 5 N–H and O–H groups in total. The van der Waals surface area contributed by atoms with Gasteiger partial charge in [0.05, 0.1) is 5.92 Å². The Morgan fingerprint density at radius 3 is 2.76 bits per heavy atom. The Bertz CT molecular complexity index is 300. The van der Waals surface area contributed by atoms with Crippen LogP contribution in [-0.4, -0.2) is 41.8 Å². The van der Waals surface area contributed by atoms with Crippen molar-refractivity contribution in [2.45, 2.75) is 43.7 Å². The summed E-state index contributed by atoms with van der Waals surface area (Å²) in [7, 11) is 0. The highest BCUT2D eigenvalue weighted by atomic mass is 16.3. The van der Waals surface area contributed by atoms with Gasteiger partial charge in [-0.3, -0.25) is 4.79 Å². The second-order valence-corrected chi connectivity index (χ2v) is 5.85. The van der Waals surface area contributed by atoms with E-state index >= 15 is 0 Å². The summed E-state index contributed by atoms with van der Waals surface area (Å²) in [6.45, 7) is 3.39. The molecule has 5 heteroatoms. The Kier molecular flexibility index (Phi) is 3.43. The highest BCUT2D eigenvalue weighted by molar-refractivity contribution is 5.80. The molecule has 17 heavy (non-hydrogen) atoms. The summed E-state index contributed by atoms with van der Waals surface area (Å²) in [5, 5.41) is 15.7. The molecule has 2 rings (SSSR count). The Labute approximate surface area is 102 Å². The van der Waals surface area contributed by atoms with Crippen molar-refractivity contribution in [1.29, 1.82) is 0 Å². The molecule has 1 amide bonds. The number of rotatable bonds is 3. The van der Waals surface area contributed by atoms with Crippen LogP contribution in [0.15, 0.2) is 0 Å². The summed E-state index contributed by atoms with van der Waals surface area (Å²) in [6, 6.07) is 0. The van der Waals surface area contributed by atoms with E-state index in [2.05, 4.69) is 10.6 Å². The average molecular weight is 241 g/mol. The Morgan fingerprint density at radius 1 is 1.53 bits per heavy atom. The number of hydrogen-bond acceptors (Lipinski definition) is 4. The van der Waals surface area contributed by atoms with E-state index in [0.717, 1.165) is 25.7 Å². The monoisotopic (exact) mass is 241 g/mol. The van der Waals surface area contributed by atoms with Gasteiger partial charge >= 0.3 is 0 Å². The van der Waals surface area contributed by atoms with Crippen LogP contribution < -0.4 is 16.4 Å². The molecule has 0 spiro atoms. The van der Waals surface area contributed by atoms with Crippen molar-refractivity contribution in [2.75, 3.05) is 19.6 Å². The zero-order valence-corrected chi connectivity index (χ0v) is 10.5. The van der Waals surface area contributed by atoms with Crippen LogP contribution in [0.25, 0.3) is 0 Å². The molecule has 0 aromatic carbocycles. The van der Waals surface area contributed by atoms with Gasteiger partial charge in [0.2, 0.25) is 5.91 Å². The minimum absolute atomic E-state index is 0.00461. The second kappa shape index (κ2) is 4.55. The quantitative estimate of drug-likeness (QED) is 0.528. The molecule has 98 valence electrons. The molecule has 1 saturated carbocycles. The minimum atomic E-state index is -0.755. The first-order valence-corrected chi connectivity index (χ1v) is 6.43. The van der Waals surface area contributed by atoms with Gasteiger partial charge < -0.3 is 21.5 Å². The minimum Gasteiger partial charge on any atom is -0.385 e. The van der Waals surface area contributed by atoms with Crippen LogP contribution in [0.5, 0.6) is 0 Å². The fourth-order valence-electron chi connectivity index (χ4n) is 2.70. The first-order valence-electron chi connectivity index (χ1n) is 6.43. The highest BCUT2D eigenvalue weighted by Gasteiger charge is 2.40. The predicted molar refractivity (Wildman–Crippen MR) is 65.4 cm³/mol. The number of β-amino-alcohol motifs (C(OH)–C–C–N with tert-alkyl or cyclic N) is 1. The van der Waals surface area contributed by atoms with Crippen LogP contribution in [0.3, 0.4) is 0 Å². The number of nitrogens with two attached hydrogens (primary N) is 1. The van der Waals surface area contributed by atoms with Crippen LogP contribution in [0.2, 0.25) is 0 Å². The smallest absolute Gasteiger partial charge is 0.225 e. The van der Waals surface area contributed by atoms with Crippen molar-refractivity contribution >= 4 is 5.91 Å². The summed E-state index contributed by atoms with van der Waals surface area (Å²) in [4.78, 5) is 12.1. The van der Waals surface area contributed by atoms with Gasteiger partial charge in [-0.05, 0) is 19.8 Å². The molecule has 0 bridgehead atoms. The van der Waals surface area contributed by atoms with Gasteiger partial charge in [0.15, 0.2) is 0 Å². The zero-order chi connectivity index (χ0) is 12.5. The maximum absolute atomic E-state index is 12.1. The fourth-order valence-corrected chi connectivity index (χ4v) is 2.70. The lowest BCUT2D eigenvalue weighted by atomic mass is 9.74. The van der Waals surface area contributed by atoms with Crippen LogP contribution in [-0.2, 0) is 4.79 Å². The van der Waals surface area contributed by atoms with E-state index in [-0.39, 0.29) is 11.8 Å². The van der Waals surface area contributed by atoms with Gasteiger partial charge in [-0.2, -0.15) is 0 Å². The lowest BCUT2D eigenvalue weighted by Crippen LogP contribution is -2.65. The molecule has 0 radical (unpaired) electrons. The van der Waals surface area contributed by atoms with Crippen LogP contribution >= 0.6 is 0 Å². The van der Waals surface area contributed by atoms with Crippen molar-refractivity contribution < 1.29 is 9.90 Å². The summed E-state index contributed by atoms with van der Waals surface area (Å²) in [5.41, 5.74) is 5.02. The largest absolute Gasteiger partial charge is 0.385 e. The maximum atomic E-state index is 12.1. The van der Waals surface area contributed by atoms with Gasteiger partial charge in [0.25, 0.3) is 0 Å². The summed E-state index contributed by atoms with van der Waals surface area (Å²) in [6.07, 6.45) is 3.92. The molecule has 2 aliphatic rings. The molecular weight excluding hydrogens is 218 g/mol. The summed E-state index contributed by atoms with van der Waals surface area (Å²) in [5.74, 6) is -0.122. The van der Waals surface area contributed by atoms with Crippen molar-refractivity contribution in [2.24, 2.45) is 11.7 Å². The van der Waals surface area contributed by atoms with E-state index in [9.17, 15) is 9.90 Å². The third-order valence-electron chi connectivity index (χ3n) is 4.07. The van der Waals surface area contributed by atoms with Gasteiger partial charge in [-0.15, -0.1) is 0 Å². The van der Waals surface area contributed by atoms with E-state index in [0.29, 0.717) is 19.6 Å². The first-order chi connectivity index (χ1) is 7.93. The fraction of sp³-hybridized carbons (Fsp3) is 0.917. The van der Waals surface area contributed by atoms with Crippen LogP contribution in [0.1, 0.15) is 32.6 Å². The molecule has 2 atom stereocenters. The topological polar surface area (TPSA) is 87.4 Å². The molecule has 1 saturated heterocycles. The number of aliphatic hydroxyl groups is 1. The summed E-state index contributed by atoms with van der Waals surface area (Å²) >= 11 is 0. The number of amides is 1. The van der Waals surface area contributed by atoms with Gasteiger partial charge in [0, 0.05) is 25.2 Å². The molecule has 0 aromatic heterocycles. The third kappa shape index (κ3) is 2.78. The maximum Gasteiger partial charge on any atom is 0.225 e. The first kappa shape index (κ1) is 12.8. The molecule has 1 aliphatic carbocycles. The molecule has 0 aromatic rings. The molecular formula is C12H23N3O2. The van der Waals surface area contributed by atoms with Crippen LogP contribution in [0.4, 0.5) is 0 Å². The van der Waals surface area contributed by atoms with Crippen molar-refractivity contribution in [1.82, 2.24) is 10.6 Å². The molecule has 1 heterocycles. The zero-order valence-electron chi connectivity index (χ0n) is 10.5. The van der Waals surface area contributed by atoms with Gasteiger partial charge in [-0.25, -0.2) is 0 Å². The summed E-state index contributed by atoms with van der Waals surface area (Å²) < 4.78 is 0. The number of hydrogen-bond donors (Lipinski definition) is 4. The SMILES string of the molecule is CC1(N)CCCCC1C(=O)NCC1(O)CNC1. The van der Waals surface area contributed by atoms with Crippen molar-refractivity contribution in [3.05, 3.63) is 0 Å².